The van der Waals surface area contributed by atoms with E-state index in [4.69, 9.17) is 9.31 Å². The van der Waals surface area contributed by atoms with E-state index in [2.05, 4.69) is 178 Å². The third-order valence-corrected chi connectivity index (χ3v) is 24.2. The highest BCUT2D eigenvalue weighted by Gasteiger charge is 2.52. The van der Waals surface area contributed by atoms with E-state index < -0.39 is 0 Å². The van der Waals surface area contributed by atoms with Crippen molar-refractivity contribution in [1.29, 1.82) is 0 Å². The van der Waals surface area contributed by atoms with Gasteiger partial charge >= 0.3 is 7.12 Å². The number of carbonyl (C=O) groups is 2. The molecule has 19 rings (SSSR count). The minimum Gasteiger partial charge on any atom is -0.399 e. The summed E-state index contributed by atoms with van der Waals surface area (Å²) in [4.78, 5) is 23.5. The first-order valence-electron chi connectivity index (χ1n) is 40.3. The summed E-state index contributed by atoms with van der Waals surface area (Å²) in [6.45, 7) is 19.4. The van der Waals surface area contributed by atoms with Gasteiger partial charge in [0.2, 0.25) is 0 Å². The highest BCUT2D eigenvalue weighted by atomic mass is 79.9. The van der Waals surface area contributed by atoms with Crippen molar-refractivity contribution in [3.8, 4) is 55.6 Å². The third-order valence-electron chi connectivity index (χ3n) is 23.6. The minimum absolute atomic E-state index is 0.269. The third kappa shape index (κ3) is 18.4. The van der Waals surface area contributed by atoms with Crippen molar-refractivity contribution in [1.82, 2.24) is 58.7 Å². The summed E-state index contributed by atoms with van der Waals surface area (Å²) in [5, 5.41) is 25.4. The number of Topliss-reactive ketones (excluding diaryl/α,β-unsaturated/α-hetero) is 2. The summed E-state index contributed by atoms with van der Waals surface area (Å²) in [5.74, 6) is 2.58. The number of nitrogens with zero attached hydrogens (tertiary/aromatic N) is 12. The maximum atomic E-state index is 12.1. The molecule has 0 amide bonds. The van der Waals surface area contributed by atoms with Gasteiger partial charge in [-0.05, 0) is 243 Å². The number of ketones is 2. The second-order valence-corrected chi connectivity index (χ2v) is 33.4. The molecule has 16 nitrogen and oxygen atoms in total. The van der Waals surface area contributed by atoms with Gasteiger partial charge < -0.3 is 9.31 Å². The van der Waals surface area contributed by atoms with Gasteiger partial charge in [0.1, 0.15) is 0 Å². The molecule has 12 aromatic rings. The Hall–Kier alpha value is -9.88. The molecule has 0 N–H and O–H groups in total. The number of hydrogen-bond acceptors (Lipinski definition) is 10. The van der Waals surface area contributed by atoms with Gasteiger partial charge in [0, 0.05) is 147 Å². The van der Waals surface area contributed by atoms with E-state index in [0.29, 0.717) is 30.6 Å². The zero-order valence-corrected chi connectivity index (χ0v) is 69.5. The van der Waals surface area contributed by atoms with E-state index in [1.54, 1.807) is 32.3 Å². The molecule has 3 atom stereocenters. The number of carbonyl (C=O) groups excluding carboxylic acids is 2. The SMILES string of the molecule is C=C1CCCc2cccc(-c3cnn(C)c3)c21.CC1CCCc2cccc(-c3cnn(C)c3)c21.C[C@@H]1CCCc2cccc(-c3cnn(C)c3)c21.C[C@H]1CCCc2cccc(-c3cnn(C)c3)c21.Cn1cc(-c2cccc3c2C(=O)CCC3)cn1.Cn1cc(B2OC(C)(C)C(C)(C)O2)cn1.O=C1CCCc2cccc(Br)c21. The van der Waals surface area contributed by atoms with Crippen LogP contribution < -0.4 is 5.46 Å². The Morgan fingerprint density at radius 3 is 1.02 bits per heavy atom. The quantitative estimate of drug-likeness (QED) is 0.147. The summed E-state index contributed by atoms with van der Waals surface area (Å²) >= 11 is 3.40. The van der Waals surface area contributed by atoms with Crippen LogP contribution in [0.15, 0.2) is 195 Å². The average molecular weight is 1560 g/mol. The van der Waals surface area contributed by atoms with Crippen molar-refractivity contribution in [2.75, 3.05) is 0 Å². The molecule has 1 aliphatic heterocycles. The number of hydrogen-bond donors (Lipinski definition) is 0. The second-order valence-electron chi connectivity index (χ2n) is 32.5. The van der Waals surface area contributed by atoms with E-state index in [1.807, 2.05) is 162 Å². The van der Waals surface area contributed by atoms with E-state index in [0.717, 1.165) is 64.3 Å². The predicted octanol–water partition coefficient (Wildman–Crippen LogP) is 20.3. The lowest BCUT2D eigenvalue weighted by molar-refractivity contribution is 0.00578. The molecule has 1 saturated heterocycles. The highest BCUT2D eigenvalue weighted by molar-refractivity contribution is 9.10. The van der Waals surface area contributed by atoms with Crippen LogP contribution in [0.2, 0.25) is 0 Å². The van der Waals surface area contributed by atoms with Crippen LogP contribution in [0.3, 0.4) is 0 Å². The molecule has 6 aromatic carbocycles. The van der Waals surface area contributed by atoms with Crippen molar-refractivity contribution in [2.24, 2.45) is 42.3 Å². The molecule has 7 heterocycles. The van der Waals surface area contributed by atoms with Crippen LogP contribution in [0.25, 0.3) is 61.2 Å². The monoisotopic (exact) mass is 1560 g/mol. The Kier molecular flexibility index (Phi) is 25.4. The van der Waals surface area contributed by atoms with Gasteiger partial charge in [-0.1, -0.05) is 146 Å². The van der Waals surface area contributed by atoms with Gasteiger partial charge in [-0.15, -0.1) is 0 Å². The molecular formula is C94H110BBrN12O4. The molecule has 112 heavy (non-hydrogen) atoms. The molecular weight excluding hydrogens is 1450 g/mol. The molecule has 0 saturated carbocycles. The first-order valence-corrected chi connectivity index (χ1v) is 41.1. The lowest BCUT2D eigenvalue weighted by atomic mass is 9.80. The van der Waals surface area contributed by atoms with Gasteiger partial charge in [-0.3, -0.25) is 37.7 Å². The number of benzene rings is 6. The molecule has 0 radical (unpaired) electrons. The van der Waals surface area contributed by atoms with Gasteiger partial charge in [-0.25, -0.2) is 0 Å². The highest BCUT2D eigenvalue weighted by Crippen LogP contribution is 2.43. The van der Waals surface area contributed by atoms with Gasteiger partial charge in [-0.2, -0.15) is 30.6 Å². The topological polar surface area (TPSA) is 160 Å². The van der Waals surface area contributed by atoms with E-state index in [-0.39, 0.29) is 29.9 Å². The number of aryl methyl sites for hydroxylation is 12. The Morgan fingerprint density at radius 1 is 0.366 bits per heavy atom. The first kappa shape index (κ1) is 80.2. The Labute approximate surface area is 671 Å². The minimum atomic E-state index is -0.302. The lowest BCUT2D eigenvalue weighted by Gasteiger charge is -2.32. The van der Waals surface area contributed by atoms with Crippen LogP contribution in [-0.2, 0) is 90.1 Å². The maximum absolute atomic E-state index is 12.1. The second kappa shape index (κ2) is 35.4. The fourth-order valence-electron chi connectivity index (χ4n) is 17.2. The van der Waals surface area contributed by atoms with Gasteiger partial charge in [0.05, 0.1) is 42.2 Å². The summed E-state index contributed by atoms with van der Waals surface area (Å²) < 4.78 is 23.7. The zero-order chi connectivity index (χ0) is 79.0. The largest absolute Gasteiger partial charge is 0.498 e. The molecule has 1 unspecified atom stereocenters. The molecule has 580 valence electrons. The van der Waals surface area contributed by atoms with Crippen LogP contribution >= 0.6 is 15.9 Å². The van der Waals surface area contributed by atoms with Crippen molar-refractivity contribution in [3.63, 3.8) is 0 Å². The van der Waals surface area contributed by atoms with Crippen molar-refractivity contribution in [2.45, 2.75) is 193 Å². The number of rotatable bonds is 6. The smallest absolute Gasteiger partial charge is 0.399 e. The molecule has 6 aliphatic carbocycles. The lowest BCUT2D eigenvalue weighted by Crippen LogP contribution is -2.41. The molecule has 1 fully saturated rings. The Balaban J connectivity index is 0.000000115. The van der Waals surface area contributed by atoms with Crippen LogP contribution in [-0.4, -0.2) is 88.6 Å². The van der Waals surface area contributed by atoms with Gasteiger partial charge in [0.25, 0.3) is 0 Å². The number of allylic oxidation sites excluding steroid dienone is 1. The first-order chi connectivity index (χ1) is 53.9. The fourth-order valence-corrected chi connectivity index (χ4v) is 17.9. The summed E-state index contributed by atoms with van der Waals surface area (Å²) in [5.41, 5.74) is 30.3. The van der Waals surface area contributed by atoms with E-state index in [9.17, 15) is 9.59 Å². The Bertz CT molecular complexity index is 4950. The Morgan fingerprint density at radius 2 is 0.661 bits per heavy atom. The van der Waals surface area contributed by atoms with Crippen molar-refractivity contribution in [3.05, 3.63) is 261 Å². The standard InChI is InChI=1S/3C15H18N2.C15H16N2.C14H14N2O.C10H17BN2O2.C10H9BrO/c4*1-11-5-3-6-12-7-4-8-14(15(11)12)13-9-16-17(2)10-13;1-16-9-11(8-15-16)12-6-2-4-10-5-3-7-13(17)14(10)12;1-9(2)10(3,4)15-11(14-9)8-6-12-13(5)7-8;11-8-5-1-3-7-4-2-6-9(12)10(7)8/h3*4,7-11H,3,5-6H2,1-2H3;4,7-10H,1,3,5-6H2,2H3;2,4,6,8-9H,3,5,7H2,1H3;6-7H,1-5H3;1,3,5H,2,4,6H2/t2*11-;;;;;/m10...../s1. The number of fused-ring (bicyclic) bond motifs is 6. The van der Waals surface area contributed by atoms with Crippen LogP contribution in [0.1, 0.15) is 220 Å². The maximum Gasteiger partial charge on any atom is 0.498 e. The number of aromatic nitrogens is 12. The fraction of sp³-hybridized carbons (Fsp3) is 0.383. The zero-order valence-electron chi connectivity index (χ0n) is 67.9. The van der Waals surface area contributed by atoms with Crippen molar-refractivity contribution >= 4 is 45.7 Å². The van der Waals surface area contributed by atoms with Crippen molar-refractivity contribution < 1.29 is 18.9 Å². The van der Waals surface area contributed by atoms with Crippen LogP contribution in [0, 0.1) is 0 Å². The molecule has 6 aromatic heterocycles. The summed E-state index contributed by atoms with van der Waals surface area (Å²) in [6, 6.07) is 38.7. The molecule has 0 bridgehead atoms. The van der Waals surface area contributed by atoms with Crippen LogP contribution in [0.4, 0.5) is 0 Å². The van der Waals surface area contributed by atoms with Crippen LogP contribution in [0.5, 0.6) is 0 Å². The molecule has 7 aliphatic rings. The molecule has 18 heteroatoms. The predicted molar refractivity (Wildman–Crippen MR) is 457 cm³/mol. The summed E-state index contributed by atoms with van der Waals surface area (Å²) in [6.07, 6.45) is 44.2. The average Bonchev–Trinajstić information content (AvgIpc) is 1.63. The molecule has 0 spiro atoms. The normalized spacial score (nSPS) is 18.0. The van der Waals surface area contributed by atoms with Gasteiger partial charge in [0.15, 0.2) is 11.6 Å². The van der Waals surface area contributed by atoms with E-state index in [1.165, 1.54) is 160 Å². The van der Waals surface area contributed by atoms with E-state index >= 15 is 0 Å². The summed E-state index contributed by atoms with van der Waals surface area (Å²) in [7, 11) is 11.3. The number of halogens is 1.